The van der Waals surface area contributed by atoms with Gasteiger partial charge in [0, 0.05) is 12.1 Å². The topological polar surface area (TPSA) is 65.4 Å². The number of hydrogen-bond acceptors (Lipinski definition) is 4. The maximum absolute atomic E-state index is 13.0. The molecule has 1 aliphatic heterocycles. The quantitative estimate of drug-likeness (QED) is 0.794. The van der Waals surface area contributed by atoms with E-state index in [1.54, 1.807) is 0 Å². The fourth-order valence-electron chi connectivity index (χ4n) is 3.61. The first-order valence-corrected chi connectivity index (χ1v) is 10.5. The van der Waals surface area contributed by atoms with Crippen LogP contribution >= 0.6 is 0 Å². The molecule has 2 heterocycles. The molecule has 0 fully saturated rings. The van der Waals surface area contributed by atoms with E-state index >= 15 is 0 Å². The Bertz CT molecular complexity index is 872. The van der Waals surface area contributed by atoms with Crippen molar-refractivity contribution in [3.8, 4) is 11.5 Å². The van der Waals surface area contributed by atoms with E-state index in [4.69, 9.17) is 9.47 Å². The van der Waals surface area contributed by atoms with Crippen LogP contribution in [0.2, 0.25) is 0 Å². The van der Waals surface area contributed by atoms with Crippen molar-refractivity contribution in [2.24, 2.45) is 11.8 Å². The van der Waals surface area contributed by atoms with Crippen molar-refractivity contribution in [3.05, 3.63) is 40.7 Å². The van der Waals surface area contributed by atoms with Gasteiger partial charge < -0.3 is 14.8 Å². The number of hydrogen-bond donors (Lipinski definition) is 1. The zero-order valence-corrected chi connectivity index (χ0v) is 18.4. The number of rotatable bonds is 6. The summed E-state index contributed by atoms with van der Waals surface area (Å²) >= 11 is 0. The predicted octanol–water partition coefficient (Wildman–Crippen LogP) is 4.12. The van der Waals surface area contributed by atoms with E-state index in [0.29, 0.717) is 19.8 Å². The molecule has 3 rings (SSSR count). The summed E-state index contributed by atoms with van der Waals surface area (Å²) in [6.45, 7) is 14.2. The van der Waals surface area contributed by atoms with Gasteiger partial charge in [0.15, 0.2) is 11.5 Å². The molecule has 6 heteroatoms. The highest BCUT2D eigenvalue weighted by Crippen LogP contribution is 2.34. The van der Waals surface area contributed by atoms with Gasteiger partial charge in [-0.25, -0.2) is 0 Å². The van der Waals surface area contributed by atoms with Gasteiger partial charge in [-0.3, -0.25) is 9.48 Å². The minimum absolute atomic E-state index is 0.0287. The average molecular weight is 400 g/mol. The Balaban J connectivity index is 1.73. The lowest BCUT2D eigenvalue weighted by Crippen LogP contribution is -2.37. The van der Waals surface area contributed by atoms with Gasteiger partial charge in [-0.15, -0.1) is 0 Å². The van der Waals surface area contributed by atoms with Crippen LogP contribution in [-0.2, 0) is 11.3 Å². The van der Waals surface area contributed by atoms with E-state index in [1.807, 2.05) is 36.7 Å². The number of nitrogens with one attached hydrogen (secondary N) is 1. The highest BCUT2D eigenvalue weighted by Gasteiger charge is 2.24. The highest BCUT2D eigenvalue weighted by molar-refractivity contribution is 5.78. The van der Waals surface area contributed by atoms with Crippen molar-refractivity contribution in [1.29, 1.82) is 0 Å². The van der Waals surface area contributed by atoms with Gasteiger partial charge in [-0.2, -0.15) is 5.10 Å². The number of aromatic nitrogens is 2. The van der Waals surface area contributed by atoms with Gasteiger partial charge in [-0.1, -0.05) is 26.8 Å². The molecular weight excluding hydrogens is 366 g/mol. The average Bonchev–Trinajstić information content (AvgIpc) is 2.86. The summed E-state index contributed by atoms with van der Waals surface area (Å²) in [5, 5.41) is 7.81. The van der Waals surface area contributed by atoms with Crippen molar-refractivity contribution in [3.63, 3.8) is 0 Å². The lowest BCUT2D eigenvalue weighted by molar-refractivity contribution is -0.126. The summed E-state index contributed by atoms with van der Waals surface area (Å²) in [6.07, 6.45) is 0.873. The van der Waals surface area contributed by atoms with Gasteiger partial charge >= 0.3 is 0 Å². The van der Waals surface area contributed by atoms with E-state index in [1.165, 1.54) is 5.56 Å². The molecular formula is C23H33N3O3. The van der Waals surface area contributed by atoms with E-state index in [-0.39, 0.29) is 23.8 Å². The fourth-order valence-corrected chi connectivity index (χ4v) is 3.61. The lowest BCUT2D eigenvalue weighted by Gasteiger charge is -2.25. The van der Waals surface area contributed by atoms with Crippen molar-refractivity contribution in [1.82, 2.24) is 15.1 Å². The molecule has 1 N–H and O–H groups in total. The number of nitrogens with zero attached hydrogens (tertiary/aromatic N) is 2. The molecule has 0 aliphatic carbocycles. The normalized spacial score (nSPS) is 15.7. The first-order chi connectivity index (χ1) is 13.8. The summed E-state index contributed by atoms with van der Waals surface area (Å²) < 4.78 is 13.5. The summed E-state index contributed by atoms with van der Waals surface area (Å²) in [5.41, 5.74) is 4.35. The molecule has 1 amide bonds. The van der Waals surface area contributed by atoms with Crippen LogP contribution in [0.25, 0.3) is 0 Å². The van der Waals surface area contributed by atoms with Gasteiger partial charge in [0.05, 0.1) is 37.4 Å². The molecule has 0 bridgehead atoms. The summed E-state index contributed by atoms with van der Waals surface area (Å²) in [6, 6.07) is 5.87. The minimum Gasteiger partial charge on any atom is -0.490 e. The number of fused-ring (bicyclic) bond motifs is 1. The van der Waals surface area contributed by atoms with Crippen LogP contribution in [0.1, 0.15) is 55.7 Å². The number of carbonyl (C=O) groups is 1. The number of ether oxygens (including phenoxy) is 2. The Morgan fingerprint density at radius 2 is 1.83 bits per heavy atom. The molecule has 0 unspecified atom stereocenters. The molecule has 2 aromatic rings. The molecule has 29 heavy (non-hydrogen) atoms. The molecule has 1 aromatic carbocycles. The molecule has 158 valence electrons. The molecule has 0 radical (unpaired) electrons. The Morgan fingerprint density at radius 1 is 1.14 bits per heavy atom. The van der Waals surface area contributed by atoms with Crippen LogP contribution in [0.4, 0.5) is 0 Å². The van der Waals surface area contributed by atoms with E-state index < -0.39 is 0 Å². The number of amides is 1. The van der Waals surface area contributed by atoms with E-state index in [2.05, 4.69) is 38.1 Å². The monoisotopic (exact) mass is 399 g/mol. The summed E-state index contributed by atoms with van der Waals surface area (Å²) in [4.78, 5) is 13.0. The molecule has 1 aliphatic rings. The largest absolute Gasteiger partial charge is 0.490 e. The molecule has 0 spiro atoms. The zero-order valence-electron chi connectivity index (χ0n) is 18.4. The Hall–Kier alpha value is -2.50. The Labute approximate surface area is 173 Å². The second-order valence-electron chi connectivity index (χ2n) is 8.37. The van der Waals surface area contributed by atoms with E-state index in [0.717, 1.165) is 34.9 Å². The highest BCUT2D eigenvalue weighted by atomic mass is 16.5. The number of benzene rings is 1. The third-order valence-electron chi connectivity index (χ3n) is 5.73. The molecule has 1 aromatic heterocycles. The standard InChI is InChI=1S/C23H33N3O3/c1-14(2)22(19-8-9-20-21(12-19)29-11-7-10-28-20)24-23(27)15(3)13-26-18(6)16(4)17(5)25-26/h8-9,12,14-15,22H,7,10-11,13H2,1-6H3,(H,24,27)/t15-,22-/m0/s1. The van der Waals surface area contributed by atoms with Gasteiger partial charge in [-0.05, 0) is 49.9 Å². The third kappa shape index (κ3) is 4.74. The lowest BCUT2D eigenvalue weighted by atomic mass is 9.94. The molecule has 6 nitrogen and oxygen atoms in total. The van der Waals surface area contributed by atoms with Crippen LogP contribution in [-0.4, -0.2) is 28.9 Å². The number of aryl methyl sites for hydroxylation is 1. The minimum atomic E-state index is -0.186. The van der Waals surface area contributed by atoms with Crippen LogP contribution in [0.15, 0.2) is 18.2 Å². The molecule has 0 saturated carbocycles. The first-order valence-electron chi connectivity index (χ1n) is 10.5. The third-order valence-corrected chi connectivity index (χ3v) is 5.73. The van der Waals surface area contributed by atoms with Crippen molar-refractivity contribution >= 4 is 5.91 Å². The van der Waals surface area contributed by atoms with Gasteiger partial charge in [0.25, 0.3) is 0 Å². The predicted molar refractivity (Wildman–Crippen MR) is 113 cm³/mol. The van der Waals surface area contributed by atoms with Crippen LogP contribution in [0, 0.1) is 32.6 Å². The zero-order chi connectivity index (χ0) is 21.1. The van der Waals surface area contributed by atoms with Gasteiger partial charge in [0.2, 0.25) is 5.91 Å². The Morgan fingerprint density at radius 3 is 2.45 bits per heavy atom. The molecule has 0 saturated heterocycles. The SMILES string of the molecule is Cc1nn(C[C@H](C)C(=O)N[C@H](c2ccc3c(c2)OCCCO3)C(C)C)c(C)c1C. The first kappa shape index (κ1) is 21.2. The van der Waals surface area contributed by atoms with Crippen LogP contribution < -0.4 is 14.8 Å². The maximum atomic E-state index is 13.0. The fraction of sp³-hybridized carbons (Fsp3) is 0.565. The van der Waals surface area contributed by atoms with Crippen LogP contribution in [0.3, 0.4) is 0 Å². The van der Waals surface area contributed by atoms with E-state index in [9.17, 15) is 4.79 Å². The van der Waals surface area contributed by atoms with Crippen LogP contribution in [0.5, 0.6) is 11.5 Å². The second kappa shape index (κ2) is 8.89. The summed E-state index contributed by atoms with van der Waals surface area (Å²) in [5.74, 6) is 1.61. The second-order valence-corrected chi connectivity index (χ2v) is 8.37. The molecule has 2 atom stereocenters. The van der Waals surface area contributed by atoms with Crippen molar-refractivity contribution in [2.75, 3.05) is 13.2 Å². The van der Waals surface area contributed by atoms with Crippen molar-refractivity contribution in [2.45, 2.75) is 60.5 Å². The maximum Gasteiger partial charge on any atom is 0.225 e. The van der Waals surface area contributed by atoms with Gasteiger partial charge in [0.1, 0.15) is 0 Å². The summed E-state index contributed by atoms with van der Waals surface area (Å²) in [7, 11) is 0. The Kier molecular flexibility index (Phi) is 6.50. The van der Waals surface area contributed by atoms with Crippen molar-refractivity contribution < 1.29 is 14.3 Å². The number of carbonyl (C=O) groups excluding carboxylic acids is 1. The smallest absolute Gasteiger partial charge is 0.225 e.